The Morgan fingerprint density at radius 2 is 1.80 bits per heavy atom. The minimum Gasteiger partial charge on any atom is -0.507 e. The zero-order chi connectivity index (χ0) is 10.8. The molecule has 0 heterocycles. The lowest BCUT2D eigenvalue weighted by molar-refractivity contribution is 0.477. The maximum atomic E-state index is 9.66. The molecule has 1 radical (unpaired) electrons. The van der Waals surface area contributed by atoms with Gasteiger partial charge in [-0.1, -0.05) is 41.4 Å². The average Bonchev–Trinajstić information content (AvgIpc) is 2.23. The molecule has 0 unspecified atom stereocenters. The van der Waals surface area contributed by atoms with Crippen molar-refractivity contribution in [2.75, 3.05) is 0 Å². The lowest BCUT2D eigenvalue weighted by Crippen LogP contribution is -1.81. The van der Waals surface area contributed by atoms with Crippen LogP contribution in [0.2, 0.25) is 10.0 Å². The molecule has 0 atom stereocenters. The third-order valence-electron chi connectivity index (χ3n) is 2.05. The quantitative estimate of drug-likeness (QED) is 0.790. The van der Waals surface area contributed by atoms with Crippen LogP contribution in [0, 0.1) is 6.07 Å². The molecule has 15 heavy (non-hydrogen) atoms. The molecule has 0 aliphatic rings. The second-order valence-electron chi connectivity index (χ2n) is 3.06. The molecular formula is C12H7Cl2O. The predicted molar refractivity (Wildman–Crippen MR) is 62.4 cm³/mol. The topological polar surface area (TPSA) is 20.2 Å². The SMILES string of the molecule is Oc1ccccc1-c1cc(Cl)c[c]c1Cl. The van der Waals surface area contributed by atoms with Gasteiger partial charge in [0.05, 0.1) is 5.02 Å². The van der Waals surface area contributed by atoms with Gasteiger partial charge in [0, 0.05) is 22.2 Å². The molecule has 3 heteroatoms. The van der Waals surface area contributed by atoms with Gasteiger partial charge in [-0.05, 0) is 18.2 Å². The molecule has 0 aliphatic heterocycles. The maximum absolute atomic E-state index is 9.66. The van der Waals surface area contributed by atoms with Crippen LogP contribution in [0.1, 0.15) is 0 Å². The third-order valence-corrected chi connectivity index (χ3v) is 2.58. The van der Waals surface area contributed by atoms with Crippen LogP contribution < -0.4 is 0 Å². The second kappa shape index (κ2) is 4.13. The van der Waals surface area contributed by atoms with E-state index in [0.717, 1.165) is 0 Å². The monoisotopic (exact) mass is 237 g/mol. The van der Waals surface area contributed by atoms with E-state index in [1.54, 1.807) is 30.3 Å². The summed E-state index contributed by atoms with van der Waals surface area (Å²) in [4.78, 5) is 0. The van der Waals surface area contributed by atoms with Crippen molar-refractivity contribution in [1.29, 1.82) is 0 Å². The summed E-state index contributed by atoms with van der Waals surface area (Å²) in [5, 5.41) is 10.6. The summed E-state index contributed by atoms with van der Waals surface area (Å²) in [5.74, 6) is 0.176. The van der Waals surface area contributed by atoms with Crippen LogP contribution in [0.4, 0.5) is 0 Å². The number of phenols is 1. The van der Waals surface area contributed by atoms with Crippen molar-refractivity contribution in [3.05, 3.63) is 52.5 Å². The molecule has 0 aromatic heterocycles. The van der Waals surface area contributed by atoms with E-state index in [4.69, 9.17) is 23.2 Å². The highest BCUT2D eigenvalue weighted by atomic mass is 35.5. The molecule has 0 saturated heterocycles. The van der Waals surface area contributed by atoms with Gasteiger partial charge in [-0.3, -0.25) is 0 Å². The smallest absolute Gasteiger partial charge is 0.123 e. The highest BCUT2D eigenvalue weighted by Crippen LogP contribution is 2.35. The number of benzene rings is 2. The Kier molecular flexibility index (Phi) is 2.85. The number of hydrogen-bond donors (Lipinski definition) is 1. The van der Waals surface area contributed by atoms with Crippen molar-refractivity contribution < 1.29 is 5.11 Å². The number of aromatic hydroxyl groups is 1. The molecule has 75 valence electrons. The van der Waals surface area contributed by atoms with E-state index >= 15 is 0 Å². The summed E-state index contributed by atoms with van der Waals surface area (Å²) in [6.07, 6.45) is 0. The first-order valence-corrected chi connectivity index (χ1v) is 5.09. The lowest BCUT2D eigenvalue weighted by atomic mass is 10.0. The Bertz CT molecular complexity index is 495. The predicted octanol–water partition coefficient (Wildman–Crippen LogP) is 4.17. The van der Waals surface area contributed by atoms with Crippen molar-refractivity contribution in [3.63, 3.8) is 0 Å². The van der Waals surface area contributed by atoms with Crippen molar-refractivity contribution >= 4 is 23.2 Å². The number of rotatable bonds is 1. The van der Waals surface area contributed by atoms with Crippen LogP contribution in [0.25, 0.3) is 11.1 Å². The largest absolute Gasteiger partial charge is 0.507 e. The van der Waals surface area contributed by atoms with Gasteiger partial charge in [0.2, 0.25) is 0 Å². The van der Waals surface area contributed by atoms with Crippen LogP contribution in [-0.4, -0.2) is 5.11 Å². The molecule has 2 aromatic carbocycles. The first-order chi connectivity index (χ1) is 7.18. The zero-order valence-corrected chi connectivity index (χ0v) is 9.18. The van der Waals surface area contributed by atoms with Crippen LogP contribution >= 0.6 is 23.2 Å². The minimum absolute atomic E-state index is 0.176. The maximum Gasteiger partial charge on any atom is 0.123 e. The van der Waals surface area contributed by atoms with E-state index < -0.39 is 0 Å². The van der Waals surface area contributed by atoms with E-state index in [-0.39, 0.29) is 5.75 Å². The molecule has 0 bridgehead atoms. The van der Waals surface area contributed by atoms with Gasteiger partial charge >= 0.3 is 0 Å². The van der Waals surface area contributed by atoms with Crippen molar-refractivity contribution in [1.82, 2.24) is 0 Å². The lowest BCUT2D eigenvalue weighted by Gasteiger charge is -2.06. The van der Waals surface area contributed by atoms with E-state index in [0.29, 0.717) is 21.2 Å². The first kappa shape index (κ1) is 10.3. The number of halogens is 2. The molecule has 1 N–H and O–H groups in total. The van der Waals surface area contributed by atoms with Gasteiger partial charge in [0.1, 0.15) is 5.75 Å². The Hall–Kier alpha value is -1.18. The van der Waals surface area contributed by atoms with Crippen molar-refractivity contribution in [2.45, 2.75) is 0 Å². The third kappa shape index (κ3) is 2.09. The summed E-state index contributed by atoms with van der Waals surface area (Å²) >= 11 is 11.8. The number of hydrogen-bond acceptors (Lipinski definition) is 1. The van der Waals surface area contributed by atoms with Gasteiger partial charge in [-0.15, -0.1) is 0 Å². The standard InChI is InChI=1S/C12H7Cl2O/c13-8-5-6-11(14)10(7-8)9-3-1-2-4-12(9)15/h1-5,7,15H. The molecule has 1 nitrogen and oxygen atoms in total. The first-order valence-electron chi connectivity index (χ1n) is 4.33. The van der Waals surface area contributed by atoms with Gasteiger partial charge in [0.25, 0.3) is 0 Å². The van der Waals surface area contributed by atoms with Gasteiger partial charge < -0.3 is 5.11 Å². The van der Waals surface area contributed by atoms with Crippen molar-refractivity contribution in [2.24, 2.45) is 0 Å². The summed E-state index contributed by atoms with van der Waals surface area (Å²) in [6, 6.07) is 13.1. The molecule has 0 spiro atoms. The molecule has 0 fully saturated rings. The van der Waals surface area contributed by atoms with Crippen LogP contribution in [0.3, 0.4) is 0 Å². The number of para-hydroxylation sites is 1. The molecule has 0 amide bonds. The van der Waals surface area contributed by atoms with Gasteiger partial charge in [0.15, 0.2) is 0 Å². The van der Waals surface area contributed by atoms with Gasteiger partial charge in [-0.25, -0.2) is 0 Å². The van der Waals surface area contributed by atoms with E-state index in [1.165, 1.54) is 0 Å². The molecular weight excluding hydrogens is 231 g/mol. The second-order valence-corrected chi connectivity index (χ2v) is 3.88. The van der Waals surface area contributed by atoms with Crippen LogP contribution in [0.5, 0.6) is 5.75 Å². The average molecular weight is 238 g/mol. The summed E-state index contributed by atoms with van der Waals surface area (Å²) in [7, 11) is 0. The summed E-state index contributed by atoms with van der Waals surface area (Å²) in [6.45, 7) is 0. The molecule has 2 aromatic rings. The van der Waals surface area contributed by atoms with E-state index in [1.807, 2.05) is 6.07 Å². The van der Waals surface area contributed by atoms with Crippen molar-refractivity contribution in [3.8, 4) is 16.9 Å². The fourth-order valence-electron chi connectivity index (χ4n) is 1.35. The molecule has 0 aliphatic carbocycles. The summed E-state index contributed by atoms with van der Waals surface area (Å²) in [5.41, 5.74) is 1.34. The fraction of sp³-hybridized carbons (Fsp3) is 0. The molecule has 0 saturated carbocycles. The highest BCUT2D eigenvalue weighted by Gasteiger charge is 2.08. The van der Waals surface area contributed by atoms with Crippen LogP contribution in [0.15, 0.2) is 36.4 Å². The Morgan fingerprint density at radius 1 is 1.07 bits per heavy atom. The van der Waals surface area contributed by atoms with Crippen LogP contribution in [-0.2, 0) is 0 Å². The minimum atomic E-state index is 0.176. The van der Waals surface area contributed by atoms with E-state index in [9.17, 15) is 5.11 Å². The normalized spacial score (nSPS) is 10.3. The Morgan fingerprint density at radius 3 is 2.53 bits per heavy atom. The number of phenolic OH excluding ortho intramolecular Hbond substituents is 1. The Balaban J connectivity index is 2.64. The summed E-state index contributed by atoms with van der Waals surface area (Å²) < 4.78 is 0. The van der Waals surface area contributed by atoms with Gasteiger partial charge in [-0.2, -0.15) is 0 Å². The molecule has 2 rings (SSSR count). The fourth-order valence-corrected chi connectivity index (χ4v) is 1.72. The highest BCUT2D eigenvalue weighted by molar-refractivity contribution is 6.35. The Labute approximate surface area is 97.9 Å². The zero-order valence-electron chi connectivity index (χ0n) is 7.67. The van der Waals surface area contributed by atoms with E-state index in [2.05, 4.69) is 6.07 Å².